The van der Waals surface area contributed by atoms with Crippen LogP contribution in [0.2, 0.25) is 0 Å². The van der Waals surface area contributed by atoms with Crippen LogP contribution < -0.4 is 5.73 Å². The summed E-state index contributed by atoms with van der Waals surface area (Å²) < 4.78 is 4.90. The average Bonchev–Trinajstić information content (AvgIpc) is 2.36. The molecule has 0 spiro atoms. The van der Waals surface area contributed by atoms with Gasteiger partial charge in [0.05, 0.1) is 6.61 Å². The van der Waals surface area contributed by atoms with Crippen LogP contribution in [0, 0.1) is 5.92 Å². The third kappa shape index (κ3) is 5.04. The Morgan fingerprint density at radius 3 is 2.65 bits per heavy atom. The molecular weight excluding hydrogens is 216 g/mol. The Morgan fingerprint density at radius 1 is 1.41 bits per heavy atom. The lowest BCUT2D eigenvalue weighted by molar-refractivity contribution is -0.132. The maximum Gasteiger partial charge on any atom is 0.241 e. The molecule has 17 heavy (non-hydrogen) atoms. The van der Waals surface area contributed by atoms with E-state index in [-0.39, 0.29) is 5.91 Å². The molecule has 1 aliphatic carbocycles. The van der Waals surface area contributed by atoms with Gasteiger partial charge in [-0.15, -0.1) is 0 Å². The maximum atomic E-state index is 11.8. The van der Waals surface area contributed by atoms with E-state index in [2.05, 4.69) is 0 Å². The van der Waals surface area contributed by atoms with E-state index < -0.39 is 6.04 Å². The summed E-state index contributed by atoms with van der Waals surface area (Å²) in [7, 11) is 3.40. The molecule has 0 saturated heterocycles. The molecule has 0 aromatic rings. The van der Waals surface area contributed by atoms with Gasteiger partial charge >= 0.3 is 0 Å². The molecular formula is C13H26N2O2. The Balaban J connectivity index is 2.23. The van der Waals surface area contributed by atoms with Crippen molar-refractivity contribution in [3.05, 3.63) is 0 Å². The Hall–Kier alpha value is -0.610. The van der Waals surface area contributed by atoms with Crippen LogP contribution in [0.25, 0.3) is 0 Å². The van der Waals surface area contributed by atoms with Gasteiger partial charge in [0.2, 0.25) is 5.91 Å². The lowest BCUT2D eigenvalue weighted by Crippen LogP contribution is -2.45. The predicted octanol–water partition coefficient (Wildman–Crippen LogP) is 1.39. The van der Waals surface area contributed by atoms with Crippen molar-refractivity contribution in [2.24, 2.45) is 11.7 Å². The lowest BCUT2D eigenvalue weighted by atomic mass is 9.87. The van der Waals surface area contributed by atoms with Crippen LogP contribution in [-0.2, 0) is 9.53 Å². The summed E-state index contributed by atoms with van der Waals surface area (Å²) in [6, 6.07) is -0.517. The second kappa shape index (κ2) is 7.67. The summed E-state index contributed by atoms with van der Waals surface area (Å²) >= 11 is 0. The number of carbonyl (C=O) groups is 1. The number of carbonyl (C=O) groups excluding carboxylic acids is 1. The Labute approximate surface area is 104 Å². The van der Waals surface area contributed by atoms with Crippen molar-refractivity contribution in [2.75, 3.05) is 27.3 Å². The summed E-state index contributed by atoms with van der Waals surface area (Å²) in [6.07, 6.45) is 7.85. The number of likely N-dealkylation sites (N-methyl/N-ethyl adjacent to an activating group) is 1. The maximum absolute atomic E-state index is 11.8. The zero-order chi connectivity index (χ0) is 12.7. The van der Waals surface area contributed by atoms with Gasteiger partial charge in [0.15, 0.2) is 0 Å². The lowest BCUT2D eigenvalue weighted by Gasteiger charge is -2.26. The van der Waals surface area contributed by atoms with Crippen LogP contribution in [0.4, 0.5) is 0 Å². The highest BCUT2D eigenvalue weighted by molar-refractivity contribution is 5.81. The topological polar surface area (TPSA) is 55.6 Å². The minimum atomic E-state index is -0.517. The molecule has 0 aliphatic heterocycles. The molecule has 0 bridgehead atoms. The molecule has 0 heterocycles. The summed E-state index contributed by atoms with van der Waals surface area (Å²) in [5.74, 6) is 0.792. The zero-order valence-electron chi connectivity index (χ0n) is 11.2. The summed E-state index contributed by atoms with van der Waals surface area (Å²) in [4.78, 5) is 13.6. The van der Waals surface area contributed by atoms with E-state index in [1.165, 1.54) is 32.1 Å². The number of rotatable bonds is 6. The summed E-state index contributed by atoms with van der Waals surface area (Å²) in [5, 5.41) is 0. The van der Waals surface area contributed by atoms with E-state index >= 15 is 0 Å². The highest BCUT2D eigenvalue weighted by atomic mass is 16.5. The van der Waals surface area contributed by atoms with Gasteiger partial charge in [-0.2, -0.15) is 0 Å². The van der Waals surface area contributed by atoms with Crippen LogP contribution in [0.1, 0.15) is 38.5 Å². The number of ether oxygens (including phenoxy) is 1. The molecule has 0 aromatic heterocycles. The van der Waals surface area contributed by atoms with E-state index in [0.29, 0.717) is 6.61 Å². The molecule has 0 radical (unpaired) electrons. The van der Waals surface area contributed by atoms with Gasteiger partial charge < -0.3 is 15.4 Å². The smallest absolute Gasteiger partial charge is 0.241 e. The first-order valence-corrected chi connectivity index (χ1v) is 6.64. The highest BCUT2D eigenvalue weighted by Crippen LogP contribution is 2.26. The SMILES string of the molecule is COCC(N)C(=O)N(C)CCC1CCCCC1. The molecule has 2 N–H and O–H groups in total. The average molecular weight is 242 g/mol. The van der Waals surface area contributed by atoms with Gasteiger partial charge in [-0.1, -0.05) is 32.1 Å². The van der Waals surface area contributed by atoms with E-state index in [0.717, 1.165) is 18.9 Å². The van der Waals surface area contributed by atoms with E-state index in [1.807, 2.05) is 7.05 Å². The normalized spacial score (nSPS) is 19.0. The highest BCUT2D eigenvalue weighted by Gasteiger charge is 2.19. The molecule has 1 atom stereocenters. The minimum absolute atomic E-state index is 0.0114. The van der Waals surface area contributed by atoms with E-state index in [9.17, 15) is 4.79 Å². The Bertz CT molecular complexity index is 227. The molecule has 1 fully saturated rings. The van der Waals surface area contributed by atoms with Gasteiger partial charge in [0.25, 0.3) is 0 Å². The number of amides is 1. The second-order valence-corrected chi connectivity index (χ2v) is 5.11. The second-order valence-electron chi connectivity index (χ2n) is 5.11. The molecule has 0 aromatic carbocycles. The molecule has 4 heteroatoms. The fraction of sp³-hybridized carbons (Fsp3) is 0.923. The number of nitrogens with zero attached hydrogens (tertiary/aromatic N) is 1. The fourth-order valence-electron chi connectivity index (χ4n) is 2.50. The van der Waals surface area contributed by atoms with Crippen LogP contribution in [0.5, 0.6) is 0 Å². The first kappa shape index (κ1) is 14.5. The standard InChI is InChI=1S/C13H26N2O2/c1-15(13(16)12(14)10-17-2)9-8-11-6-4-3-5-7-11/h11-12H,3-10,14H2,1-2H3. The van der Waals surface area contributed by atoms with Crippen LogP contribution >= 0.6 is 0 Å². The quantitative estimate of drug-likeness (QED) is 0.765. The number of methoxy groups -OCH3 is 1. The van der Waals surface area contributed by atoms with Crippen molar-refractivity contribution >= 4 is 5.91 Å². The van der Waals surface area contributed by atoms with Crippen molar-refractivity contribution in [1.29, 1.82) is 0 Å². The van der Waals surface area contributed by atoms with E-state index in [4.69, 9.17) is 10.5 Å². The van der Waals surface area contributed by atoms with Crippen molar-refractivity contribution < 1.29 is 9.53 Å². The van der Waals surface area contributed by atoms with Gasteiger partial charge in [0.1, 0.15) is 6.04 Å². The largest absolute Gasteiger partial charge is 0.383 e. The third-order valence-corrected chi connectivity index (χ3v) is 3.64. The van der Waals surface area contributed by atoms with Gasteiger partial charge in [-0.3, -0.25) is 4.79 Å². The first-order chi connectivity index (χ1) is 8.15. The molecule has 1 rings (SSSR count). The molecule has 4 nitrogen and oxygen atoms in total. The van der Waals surface area contributed by atoms with Crippen molar-refractivity contribution in [3.63, 3.8) is 0 Å². The van der Waals surface area contributed by atoms with Crippen molar-refractivity contribution in [1.82, 2.24) is 4.90 Å². The molecule has 1 saturated carbocycles. The van der Waals surface area contributed by atoms with Crippen LogP contribution in [-0.4, -0.2) is 44.2 Å². The van der Waals surface area contributed by atoms with Crippen LogP contribution in [0.15, 0.2) is 0 Å². The molecule has 1 aliphatic rings. The van der Waals surface area contributed by atoms with Gasteiger partial charge in [0, 0.05) is 20.7 Å². The molecule has 100 valence electrons. The summed E-state index contributed by atoms with van der Waals surface area (Å²) in [5.41, 5.74) is 5.72. The Kier molecular flexibility index (Phi) is 6.52. The molecule has 1 unspecified atom stereocenters. The summed E-state index contributed by atoms with van der Waals surface area (Å²) in [6.45, 7) is 1.12. The van der Waals surface area contributed by atoms with Gasteiger partial charge in [-0.05, 0) is 12.3 Å². The minimum Gasteiger partial charge on any atom is -0.383 e. The molecule has 1 amide bonds. The van der Waals surface area contributed by atoms with Gasteiger partial charge in [-0.25, -0.2) is 0 Å². The van der Waals surface area contributed by atoms with Crippen molar-refractivity contribution in [2.45, 2.75) is 44.6 Å². The number of hydrogen-bond acceptors (Lipinski definition) is 3. The number of nitrogens with two attached hydrogens (primary N) is 1. The Morgan fingerprint density at radius 2 is 2.06 bits per heavy atom. The zero-order valence-corrected chi connectivity index (χ0v) is 11.2. The van der Waals surface area contributed by atoms with Crippen molar-refractivity contribution in [3.8, 4) is 0 Å². The first-order valence-electron chi connectivity index (χ1n) is 6.64. The fourth-order valence-corrected chi connectivity index (χ4v) is 2.50. The van der Waals surface area contributed by atoms with Crippen LogP contribution in [0.3, 0.4) is 0 Å². The van der Waals surface area contributed by atoms with E-state index in [1.54, 1.807) is 12.0 Å². The third-order valence-electron chi connectivity index (χ3n) is 3.64. The monoisotopic (exact) mass is 242 g/mol. The predicted molar refractivity (Wildman–Crippen MR) is 68.7 cm³/mol. The number of hydrogen-bond donors (Lipinski definition) is 1.